The standard InChI is InChI=1S/C22H43N3O12.C2H4O/c1-8-12(23-2)17(31)19(10(6-27)33-8)36-22-14(25-4)18(32)20(11(7-28)35-22)37-21-13(24-3)16(30)15(29)9(5-26)34-21;1-2-3/h8-32H,5-7H2,1-4H3;2H,1H3/t8-,9?,10?,11?,12?,13?,14?,15+,16+,17+,18+,19+,20+,21-,22-;/m0./s1. The lowest BCUT2D eigenvalue weighted by Crippen LogP contribution is -2.69. The molecule has 0 aliphatic carbocycles. The van der Waals surface area contributed by atoms with Crippen LogP contribution in [0.1, 0.15) is 13.8 Å². The van der Waals surface area contributed by atoms with Crippen molar-refractivity contribution in [3.05, 3.63) is 0 Å². The molecular formula is C24H47N3O13. The number of likely N-dealkylation sites (N-methyl/N-ethyl adjacent to an activating group) is 3. The Labute approximate surface area is 233 Å². The van der Waals surface area contributed by atoms with Gasteiger partial charge in [0.15, 0.2) is 12.6 Å². The van der Waals surface area contributed by atoms with Gasteiger partial charge in [0.05, 0.1) is 44.1 Å². The maximum Gasteiger partial charge on any atom is 0.176 e. The molecule has 3 aliphatic rings. The van der Waals surface area contributed by atoms with Crippen LogP contribution in [-0.2, 0) is 28.5 Å². The number of aliphatic hydroxyl groups excluding tert-OH is 7. The van der Waals surface area contributed by atoms with E-state index in [4.69, 9.17) is 28.5 Å². The van der Waals surface area contributed by atoms with Crippen LogP contribution in [0.5, 0.6) is 0 Å². The van der Waals surface area contributed by atoms with Gasteiger partial charge in [0.1, 0.15) is 61.2 Å². The fourth-order valence-corrected chi connectivity index (χ4v) is 5.33. The van der Waals surface area contributed by atoms with Crippen LogP contribution in [0.2, 0.25) is 0 Å². The van der Waals surface area contributed by atoms with Gasteiger partial charge in [0.2, 0.25) is 0 Å². The van der Waals surface area contributed by atoms with E-state index in [9.17, 15) is 35.7 Å². The first-order valence-corrected chi connectivity index (χ1v) is 13.3. The predicted octanol–water partition coefficient (Wildman–Crippen LogP) is -5.62. The largest absolute Gasteiger partial charge is 0.394 e. The summed E-state index contributed by atoms with van der Waals surface area (Å²) < 4.78 is 29.4. The minimum Gasteiger partial charge on any atom is -0.394 e. The van der Waals surface area contributed by atoms with Crippen LogP contribution >= 0.6 is 0 Å². The molecule has 15 atom stereocenters. The molecule has 0 amide bonds. The number of ether oxygens (including phenoxy) is 5. The SMILES string of the molecule is CC=O.CNC1[C@H](O[C@@H]2C(CO)O[C@@H](O[C@@H]3C(CO)O[C@@H](C)C(NC)[C@H]3O)C(NC)[C@H]2O)OC(CO)[C@@H](O)[C@@H]1O. The third-order valence-corrected chi connectivity index (χ3v) is 7.46. The Morgan fingerprint density at radius 3 is 1.45 bits per heavy atom. The van der Waals surface area contributed by atoms with Crippen molar-refractivity contribution in [1.82, 2.24) is 16.0 Å². The molecule has 3 heterocycles. The zero-order valence-corrected chi connectivity index (χ0v) is 23.4. The number of aldehydes is 1. The van der Waals surface area contributed by atoms with Crippen LogP contribution in [0.4, 0.5) is 0 Å². The first-order chi connectivity index (χ1) is 19.1. The molecule has 0 aromatic rings. The summed E-state index contributed by atoms with van der Waals surface area (Å²) in [5, 5.41) is 80.9. The van der Waals surface area contributed by atoms with Crippen molar-refractivity contribution in [2.75, 3.05) is 41.0 Å². The van der Waals surface area contributed by atoms with Crippen LogP contribution in [0.25, 0.3) is 0 Å². The lowest BCUT2D eigenvalue weighted by Gasteiger charge is -2.50. The Balaban J connectivity index is 0.00000178. The number of carbonyl (C=O) groups excluding carboxylic acids is 1. The minimum atomic E-state index is -1.38. The predicted molar refractivity (Wildman–Crippen MR) is 137 cm³/mol. The van der Waals surface area contributed by atoms with Crippen LogP contribution in [0, 0.1) is 0 Å². The number of carbonyl (C=O) groups is 1. The van der Waals surface area contributed by atoms with Gasteiger partial charge in [-0.2, -0.15) is 0 Å². The molecule has 3 saturated heterocycles. The van der Waals surface area contributed by atoms with E-state index in [0.29, 0.717) is 0 Å². The highest BCUT2D eigenvalue weighted by Crippen LogP contribution is 2.32. The number of nitrogens with one attached hydrogen (secondary N) is 3. The smallest absolute Gasteiger partial charge is 0.176 e. The van der Waals surface area contributed by atoms with Gasteiger partial charge >= 0.3 is 0 Å². The third kappa shape index (κ3) is 7.71. The molecule has 0 radical (unpaired) electrons. The van der Waals surface area contributed by atoms with Crippen LogP contribution < -0.4 is 16.0 Å². The van der Waals surface area contributed by atoms with Crippen LogP contribution in [0.3, 0.4) is 0 Å². The third-order valence-electron chi connectivity index (χ3n) is 7.46. The lowest BCUT2D eigenvalue weighted by atomic mass is 9.92. The molecule has 0 aromatic carbocycles. The fraction of sp³-hybridized carbons (Fsp3) is 0.958. The maximum absolute atomic E-state index is 11.2. The summed E-state index contributed by atoms with van der Waals surface area (Å²) in [6.45, 7) is 1.60. The first kappa shape index (κ1) is 35.3. The van der Waals surface area contributed by atoms with Gasteiger partial charge < -0.3 is 80.2 Å². The highest BCUT2D eigenvalue weighted by Gasteiger charge is 2.53. The number of hydrogen-bond acceptors (Lipinski definition) is 16. The van der Waals surface area contributed by atoms with Gasteiger partial charge in [-0.3, -0.25) is 0 Å². The van der Waals surface area contributed by atoms with Gasteiger partial charge in [-0.25, -0.2) is 0 Å². The Kier molecular flexibility index (Phi) is 14.7. The molecule has 3 aliphatic heterocycles. The molecular weight excluding hydrogens is 538 g/mol. The molecule has 3 fully saturated rings. The summed E-state index contributed by atoms with van der Waals surface area (Å²) in [7, 11) is 4.73. The van der Waals surface area contributed by atoms with E-state index in [0.717, 1.165) is 6.29 Å². The highest BCUT2D eigenvalue weighted by atomic mass is 16.7. The second-order valence-corrected chi connectivity index (χ2v) is 9.86. The lowest BCUT2D eigenvalue weighted by molar-refractivity contribution is -0.346. The summed E-state index contributed by atoms with van der Waals surface area (Å²) in [5.41, 5.74) is 0. The maximum atomic E-state index is 11.2. The second kappa shape index (κ2) is 16.6. The summed E-state index contributed by atoms with van der Waals surface area (Å²) in [4.78, 5) is 8.81. The van der Waals surface area contributed by atoms with Gasteiger partial charge in [-0.15, -0.1) is 0 Å². The van der Waals surface area contributed by atoms with Crippen molar-refractivity contribution in [2.24, 2.45) is 0 Å². The topological polar surface area (TPSA) is 241 Å². The van der Waals surface area contributed by atoms with Crippen molar-refractivity contribution in [3.8, 4) is 0 Å². The molecule has 16 heteroatoms. The molecule has 0 aromatic heterocycles. The number of hydrogen-bond donors (Lipinski definition) is 10. The van der Waals surface area contributed by atoms with E-state index in [1.807, 2.05) is 0 Å². The summed E-state index contributed by atoms with van der Waals surface area (Å²) in [6, 6.07) is -2.35. The normalized spacial score (nSPS) is 45.9. The number of aliphatic hydroxyl groups is 7. The molecule has 0 bridgehead atoms. The van der Waals surface area contributed by atoms with Crippen molar-refractivity contribution in [3.63, 3.8) is 0 Å². The molecule has 16 nitrogen and oxygen atoms in total. The van der Waals surface area contributed by atoms with Gasteiger partial charge in [-0.05, 0) is 35.0 Å². The fourth-order valence-electron chi connectivity index (χ4n) is 5.33. The van der Waals surface area contributed by atoms with Gasteiger partial charge in [-0.1, -0.05) is 0 Å². The van der Waals surface area contributed by atoms with Crippen molar-refractivity contribution in [2.45, 2.75) is 106 Å². The van der Waals surface area contributed by atoms with Crippen LogP contribution in [-0.4, -0.2) is 175 Å². The van der Waals surface area contributed by atoms with E-state index in [2.05, 4.69) is 16.0 Å². The summed E-state index contributed by atoms with van der Waals surface area (Å²) in [5.74, 6) is 0. The highest BCUT2D eigenvalue weighted by molar-refractivity contribution is 5.44. The minimum absolute atomic E-state index is 0.412. The van der Waals surface area contributed by atoms with Crippen molar-refractivity contribution < 1.29 is 64.2 Å². The van der Waals surface area contributed by atoms with Crippen LogP contribution in [0.15, 0.2) is 0 Å². The average molecular weight is 586 g/mol. The molecule has 0 spiro atoms. The van der Waals surface area contributed by atoms with Gasteiger partial charge in [0, 0.05) is 0 Å². The molecule has 10 N–H and O–H groups in total. The molecule has 3 rings (SSSR count). The first-order valence-electron chi connectivity index (χ1n) is 13.3. The van der Waals surface area contributed by atoms with E-state index in [-0.39, 0.29) is 0 Å². The summed E-state index contributed by atoms with van der Waals surface area (Å²) >= 11 is 0. The molecule has 236 valence electrons. The van der Waals surface area contributed by atoms with Gasteiger partial charge in [0.25, 0.3) is 0 Å². The van der Waals surface area contributed by atoms with E-state index in [1.54, 1.807) is 21.0 Å². The molecule has 6 unspecified atom stereocenters. The van der Waals surface area contributed by atoms with E-state index >= 15 is 0 Å². The summed E-state index contributed by atoms with van der Waals surface area (Å²) in [6.07, 6.45) is -12.6. The monoisotopic (exact) mass is 585 g/mol. The Morgan fingerprint density at radius 1 is 0.650 bits per heavy atom. The Morgan fingerprint density at radius 2 is 1.02 bits per heavy atom. The zero-order valence-electron chi connectivity index (χ0n) is 23.4. The quantitative estimate of drug-likeness (QED) is 0.107. The van der Waals surface area contributed by atoms with Crippen molar-refractivity contribution >= 4 is 6.29 Å². The second-order valence-electron chi connectivity index (χ2n) is 9.86. The Bertz CT molecular complexity index is 742. The Hall–Kier alpha value is -0.930. The zero-order chi connectivity index (χ0) is 30.1. The van der Waals surface area contributed by atoms with E-state index < -0.39 is 112 Å². The van der Waals surface area contributed by atoms with E-state index in [1.165, 1.54) is 14.0 Å². The van der Waals surface area contributed by atoms with Crippen molar-refractivity contribution in [1.29, 1.82) is 0 Å². The molecule has 0 saturated carbocycles. The average Bonchev–Trinajstić information content (AvgIpc) is 2.93. The molecule has 40 heavy (non-hydrogen) atoms. The number of rotatable bonds is 10.